The van der Waals surface area contributed by atoms with Crippen molar-refractivity contribution in [1.29, 1.82) is 0 Å². The maximum atomic E-state index is 15.4. The van der Waals surface area contributed by atoms with Gasteiger partial charge in [0.15, 0.2) is 0 Å². The first kappa shape index (κ1) is 31.9. The Hall–Kier alpha value is -4.72. The molecule has 3 aliphatic heterocycles. The summed E-state index contributed by atoms with van der Waals surface area (Å²) in [4.78, 5) is 7.66. The summed E-state index contributed by atoms with van der Waals surface area (Å²) in [5.74, 6) is -0.937. The fourth-order valence-corrected chi connectivity index (χ4v) is 6.33. The molecule has 3 aliphatic rings. The van der Waals surface area contributed by atoms with Crippen molar-refractivity contribution in [3.63, 3.8) is 0 Å². The Labute approximate surface area is 279 Å². The van der Waals surface area contributed by atoms with E-state index in [4.69, 9.17) is 14.2 Å². The minimum Gasteiger partial charge on any atom is -0.491 e. The smallest absolute Gasteiger partial charge is 0.228 e. The standard InChI is InChI=1S/C35H41FN8O4/c1-3-26(2)44-34(45)42(25-39-44)29-11-9-28(10-12-29)40-17-19-41(20-18-40)33-14-13-30(21-32(33)36)46-22-31-23-47-35(48-31,24-43-37-15-16-38-43)27-7-5-4-6-8-27/h4-16,21,25-26,31,34,45H,3,17-20,22-24H2,1-2H3/t26?,31-,34?,35-/m1/s1. The maximum absolute atomic E-state index is 15.4. The van der Waals surface area contributed by atoms with Crippen LogP contribution in [0.3, 0.4) is 0 Å². The summed E-state index contributed by atoms with van der Waals surface area (Å²) in [5.41, 5.74) is 3.38. The van der Waals surface area contributed by atoms with Gasteiger partial charge in [0, 0.05) is 55.2 Å². The van der Waals surface area contributed by atoms with E-state index in [2.05, 4.69) is 44.2 Å². The van der Waals surface area contributed by atoms with Crippen LogP contribution in [-0.4, -0.2) is 89.3 Å². The van der Waals surface area contributed by atoms with Crippen molar-refractivity contribution in [3.8, 4) is 5.75 Å². The number of ether oxygens (including phenoxy) is 3. The Morgan fingerprint density at radius 3 is 2.38 bits per heavy atom. The Bertz CT molecular complexity index is 1670. The molecule has 2 unspecified atom stereocenters. The van der Waals surface area contributed by atoms with Crippen LogP contribution in [0, 0.1) is 5.82 Å². The molecule has 7 rings (SSSR count). The zero-order valence-corrected chi connectivity index (χ0v) is 27.2. The van der Waals surface area contributed by atoms with Gasteiger partial charge in [-0.05, 0) is 49.7 Å². The molecule has 0 bridgehead atoms. The third-order valence-electron chi connectivity index (χ3n) is 9.21. The summed E-state index contributed by atoms with van der Waals surface area (Å²) in [5, 5.41) is 25.3. The van der Waals surface area contributed by atoms with Gasteiger partial charge in [0.05, 0.1) is 24.7 Å². The SMILES string of the molecule is CCC(C)N1N=CN(c2ccc(N3CCN(c4ccc(OC[C@@H]5CO[C@@](Cn6nccn6)(c6ccccc6)O5)cc4F)CC3)cc2)C1O. The van der Waals surface area contributed by atoms with Gasteiger partial charge < -0.3 is 29.1 Å². The van der Waals surface area contributed by atoms with E-state index in [9.17, 15) is 5.11 Å². The Morgan fingerprint density at radius 2 is 1.67 bits per heavy atom. The number of piperazine rings is 1. The molecule has 0 spiro atoms. The van der Waals surface area contributed by atoms with Crippen molar-refractivity contribution < 1.29 is 23.7 Å². The molecule has 252 valence electrons. The van der Waals surface area contributed by atoms with Gasteiger partial charge in [-0.15, -0.1) is 0 Å². The van der Waals surface area contributed by atoms with Crippen LogP contribution in [0.5, 0.6) is 5.75 Å². The lowest BCUT2D eigenvalue weighted by atomic mass is 10.1. The molecule has 2 fully saturated rings. The van der Waals surface area contributed by atoms with Gasteiger partial charge in [0.25, 0.3) is 0 Å². The van der Waals surface area contributed by atoms with Crippen LogP contribution >= 0.6 is 0 Å². The van der Waals surface area contributed by atoms with Gasteiger partial charge in [0.1, 0.15) is 37.2 Å². The van der Waals surface area contributed by atoms with Crippen molar-refractivity contribution in [1.82, 2.24) is 20.0 Å². The highest BCUT2D eigenvalue weighted by Crippen LogP contribution is 2.36. The van der Waals surface area contributed by atoms with E-state index < -0.39 is 12.1 Å². The van der Waals surface area contributed by atoms with Crippen LogP contribution in [0.4, 0.5) is 21.5 Å². The number of benzene rings is 3. The van der Waals surface area contributed by atoms with Crippen LogP contribution in [0.2, 0.25) is 0 Å². The minimum absolute atomic E-state index is 0.144. The van der Waals surface area contributed by atoms with Crippen LogP contribution in [0.25, 0.3) is 0 Å². The monoisotopic (exact) mass is 656 g/mol. The fourth-order valence-electron chi connectivity index (χ4n) is 6.33. The van der Waals surface area contributed by atoms with Crippen LogP contribution in [0.1, 0.15) is 25.8 Å². The number of hydrazone groups is 1. The molecule has 1 aromatic heterocycles. The second-order valence-electron chi connectivity index (χ2n) is 12.3. The molecule has 48 heavy (non-hydrogen) atoms. The Kier molecular flexibility index (Phi) is 9.15. The second-order valence-corrected chi connectivity index (χ2v) is 12.3. The van der Waals surface area contributed by atoms with E-state index >= 15 is 4.39 Å². The first-order chi connectivity index (χ1) is 23.4. The van der Waals surface area contributed by atoms with Gasteiger partial charge in [-0.3, -0.25) is 4.90 Å². The van der Waals surface area contributed by atoms with Crippen molar-refractivity contribution in [2.75, 3.05) is 54.1 Å². The first-order valence-electron chi connectivity index (χ1n) is 16.4. The Balaban J connectivity index is 0.919. The lowest BCUT2D eigenvalue weighted by Crippen LogP contribution is -2.46. The van der Waals surface area contributed by atoms with Gasteiger partial charge >= 0.3 is 0 Å². The summed E-state index contributed by atoms with van der Waals surface area (Å²) < 4.78 is 34.0. The van der Waals surface area contributed by atoms with E-state index in [-0.39, 0.29) is 31.1 Å². The fraction of sp³-hybridized carbons (Fsp3) is 0.400. The highest BCUT2D eigenvalue weighted by Gasteiger charge is 2.44. The van der Waals surface area contributed by atoms with Crippen molar-refractivity contribution >= 4 is 23.4 Å². The predicted octanol–water partition coefficient (Wildman–Crippen LogP) is 4.23. The molecule has 4 aromatic rings. The van der Waals surface area contributed by atoms with E-state index in [0.29, 0.717) is 31.1 Å². The maximum Gasteiger partial charge on any atom is 0.228 e. The lowest BCUT2D eigenvalue weighted by molar-refractivity contribution is -0.192. The Morgan fingerprint density at radius 1 is 0.958 bits per heavy atom. The van der Waals surface area contributed by atoms with Gasteiger partial charge in [-0.2, -0.15) is 20.1 Å². The number of halogens is 1. The summed E-state index contributed by atoms with van der Waals surface area (Å²) in [7, 11) is 0. The number of hydrogen-bond donors (Lipinski definition) is 1. The number of nitrogens with zero attached hydrogens (tertiary/aromatic N) is 8. The van der Waals surface area contributed by atoms with E-state index in [0.717, 1.165) is 36.4 Å². The topological polar surface area (TPSA) is 104 Å². The molecule has 4 atom stereocenters. The number of hydrogen-bond acceptors (Lipinski definition) is 11. The molecule has 2 saturated heterocycles. The van der Waals surface area contributed by atoms with Crippen LogP contribution in [0.15, 0.2) is 90.3 Å². The highest BCUT2D eigenvalue weighted by molar-refractivity contribution is 5.81. The van der Waals surface area contributed by atoms with Gasteiger partial charge in [-0.1, -0.05) is 37.3 Å². The van der Waals surface area contributed by atoms with Crippen molar-refractivity contribution in [3.05, 3.63) is 96.6 Å². The number of rotatable bonds is 11. The molecule has 12 nitrogen and oxygen atoms in total. The zero-order valence-electron chi connectivity index (χ0n) is 27.2. The number of aromatic nitrogens is 3. The highest BCUT2D eigenvalue weighted by atomic mass is 19.1. The molecule has 0 amide bonds. The molecule has 0 radical (unpaired) electrons. The predicted molar refractivity (Wildman–Crippen MR) is 180 cm³/mol. The summed E-state index contributed by atoms with van der Waals surface area (Å²) in [6.07, 6.45) is 4.61. The van der Waals surface area contributed by atoms with E-state index in [1.54, 1.807) is 40.8 Å². The van der Waals surface area contributed by atoms with Crippen molar-refractivity contribution in [2.24, 2.45) is 5.10 Å². The largest absolute Gasteiger partial charge is 0.491 e. The van der Waals surface area contributed by atoms with Crippen LogP contribution < -0.4 is 19.4 Å². The lowest BCUT2D eigenvalue weighted by Gasteiger charge is -2.37. The molecule has 1 N–H and O–H groups in total. The molecular weight excluding hydrogens is 615 g/mol. The number of aliphatic hydroxyl groups is 1. The average Bonchev–Trinajstić information content (AvgIpc) is 3.89. The molecular formula is C35H41FN8O4. The number of anilines is 3. The molecule has 0 saturated carbocycles. The summed E-state index contributed by atoms with van der Waals surface area (Å²) >= 11 is 0. The molecule has 3 aromatic carbocycles. The quantitative estimate of drug-likeness (QED) is 0.252. The minimum atomic E-state index is -1.05. The third-order valence-corrected chi connectivity index (χ3v) is 9.21. The zero-order chi connectivity index (χ0) is 33.1. The normalized spacial score (nSPS) is 23.2. The van der Waals surface area contributed by atoms with Gasteiger partial charge in [0.2, 0.25) is 12.1 Å². The van der Waals surface area contributed by atoms with E-state index in [1.165, 1.54) is 10.9 Å². The van der Waals surface area contributed by atoms with Crippen molar-refractivity contribution in [2.45, 2.75) is 51.1 Å². The van der Waals surface area contributed by atoms with E-state index in [1.807, 2.05) is 49.4 Å². The summed E-state index contributed by atoms with van der Waals surface area (Å²) in [6, 6.07) is 23.0. The average molecular weight is 657 g/mol. The number of aliphatic hydroxyl groups excluding tert-OH is 1. The molecule has 4 heterocycles. The molecule has 13 heteroatoms. The third kappa shape index (κ3) is 6.53. The van der Waals surface area contributed by atoms with Crippen LogP contribution in [-0.2, 0) is 21.8 Å². The second kappa shape index (κ2) is 13.8. The first-order valence-corrected chi connectivity index (χ1v) is 16.4. The summed E-state index contributed by atoms with van der Waals surface area (Å²) in [6.45, 7) is 7.79. The molecule has 0 aliphatic carbocycles. The van der Waals surface area contributed by atoms with Gasteiger partial charge in [-0.25, -0.2) is 9.40 Å².